The van der Waals surface area contributed by atoms with E-state index in [0.29, 0.717) is 0 Å². The summed E-state index contributed by atoms with van der Waals surface area (Å²) in [6.07, 6.45) is 4.16. The fourth-order valence-corrected chi connectivity index (χ4v) is 6.92. The summed E-state index contributed by atoms with van der Waals surface area (Å²) in [6, 6.07) is 45.5. The lowest BCUT2D eigenvalue weighted by Gasteiger charge is -2.10. The Bertz CT molecular complexity index is 2800. The zero-order chi connectivity index (χ0) is 38.2. The summed E-state index contributed by atoms with van der Waals surface area (Å²) in [6.45, 7) is 0. The van der Waals surface area contributed by atoms with Crippen molar-refractivity contribution in [1.82, 2.24) is 19.9 Å². The second-order valence-electron chi connectivity index (χ2n) is 13.4. The lowest BCUT2D eigenvalue weighted by atomic mass is 10.0. The van der Waals surface area contributed by atoms with E-state index < -0.39 is 9.85 Å². The number of aromatic amines is 4. The first-order chi connectivity index (χ1) is 27.3. The number of hydrogen-bond donors (Lipinski definition) is 6. The Labute approximate surface area is 318 Å². The van der Waals surface area contributed by atoms with Crippen molar-refractivity contribution >= 4 is 57.4 Å². The van der Waals surface area contributed by atoms with E-state index in [1.165, 1.54) is 24.3 Å². The van der Waals surface area contributed by atoms with Gasteiger partial charge in [-0.25, -0.2) is 0 Å². The maximum absolute atomic E-state index is 11.1. The molecule has 8 aromatic rings. The van der Waals surface area contributed by atoms with E-state index in [2.05, 4.69) is 116 Å². The standard InChI is InChI=1S/C44H32N8O4/c53-51(54)37-17-9-31(10-18-37)45-29-5-1-27(2-6-29)43-39-21-13-33(47-39)25-35-15-23-41(49-35)44(42-24-16-36(50-42)26-34-14-22-40(43)48-34)28-3-7-30(8-4-28)46-32-11-19-38(20-12-32)52(55)56/h1-26,45-50H. The van der Waals surface area contributed by atoms with Crippen LogP contribution in [0.3, 0.4) is 0 Å². The normalized spacial score (nSPS) is 12.1. The van der Waals surface area contributed by atoms with Crippen LogP contribution in [0.4, 0.5) is 34.1 Å². The Morgan fingerprint density at radius 3 is 1.11 bits per heavy atom. The number of rotatable bonds is 8. The number of aromatic nitrogens is 4. The number of nitrogens with one attached hydrogen (secondary N) is 6. The molecule has 0 amide bonds. The van der Waals surface area contributed by atoms with Crippen LogP contribution in [0.15, 0.2) is 146 Å². The number of anilines is 4. The van der Waals surface area contributed by atoms with Crippen molar-refractivity contribution in [1.29, 1.82) is 0 Å². The van der Waals surface area contributed by atoms with Crippen molar-refractivity contribution in [2.45, 2.75) is 0 Å². The van der Waals surface area contributed by atoms with E-state index in [1.807, 2.05) is 24.3 Å². The van der Waals surface area contributed by atoms with Crippen LogP contribution >= 0.6 is 0 Å². The second kappa shape index (κ2) is 14.0. The summed E-state index contributed by atoms with van der Waals surface area (Å²) in [7, 11) is 0. The smallest absolute Gasteiger partial charge is 0.269 e. The number of non-ortho nitro benzene ring substituents is 2. The highest BCUT2D eigenvalue weighted by molar-refractivity contribution is 5.80. The van der Waals surface area contributed by atoms with Crippen molar-refractivity contribution in [2.24, 2.45) is 0 Å². The number of nitro benzene ring substituents is 2. The van der Waals surface area contributed by atoms with Gasteiger partial charge in [-0.05, 0) is 120 Å². The van der Waals surface area contributed by atoms with Gasteiger partial charge in [0.05, 0.1) is 9.85 Å². The van der Waals surface area contributed by atoms with Crippen LogP contribution in [0.5, 0.6) is 0 Å². The van der Waals surface area contributed by atoms with E-state index in [0.717, 1.165) is 89.2 Å². The number of hydrogen-bond acceptors (Lipinski definition) is 6. The summed E-state index contributed by atoms with van der Waals surface area (Å²) in [5, 5.41) is 32.5. The number of fused-ring (bicyclic) bond motifs is 8. The highest BCUT2D eigenvalue weighted by atomic mass is 16.6. The fourth-order valence-electron chi connectivity index (χ4n) is 6.92. The SMILES string of the molecule is O=[N+]([O-])c1ccc(Nc2ccc(C3=c4ccc([nH]4)=Cc4ccc([nH]4)C(c4ccc(Nc5ccc([N+](=O)[O-])cc5)cc4)=c4ccc([nH]4)=Cc4ccc3[nH]4)cc2)cc1. The average molecular weight is 737 g/mol. The van der Waals surface area contributed by atoms with Crippen LogP contribution in [-0.2, 0) is 0 Å². The minimum absolute atomic E-state index is 0.0452. The molecule has 9 rings (SSSR count). The highest BCUT2D eigenvalue weighted by Crippen LogP contribution is 2.27. The van der Waals surface area contributed by atoms with Crippen molar-refractivity contribution in [3.05, 3.63) is 221 Å². The van der Waals surface area contributed by atoms with Gasteiger partial charge in [0.2, 0.25) is 0 Å². The fraction of sp³-hybridized carbons (Fsp3) is 0. The van der Waals surface area contributed by atoms with Crippen LogP contribution in [0.25, 0.3) is 23.3 Å². The molecule has 12 heteroatoms. The summed E-state index contributed by atoms with van der Waals surface area (Å²) in [5.74, 6) is 0. The van der Waals surface area contributed by atoms with Gasteiger partial charge in [-0.3, -0.25) is 20.2 Å². The molecule has 5 heterocycles. The third-order valence-electron chi connectivity index (χ3n) is 9.61. The quantitative estimate of drug-likeness (QED) is 0.0742. The molecule has 0 saturated carbocycles. The topological polar surface area (TPSA) is 174 Å². The lowest BCUT2D eigenvalue weighted by Crippen LogP contribution is -2.15. The molecule has 0 fully saturated rings. The minimum Gasteiger partial charge on any atom is -0.356 e. The molecule has 0 saturated heterocycles. The Kier molecular flexibility index (Phi) is 8.44. The number of nitro groups is 2. The Morgan fingerprint density at radius 1 is 0.393 bits per heavy atom. The lowest BCUT2D eigenvalue weighted by molar-refractivity contribution is -0.385. The molecule has 0 aliphatic carbocycles. The highest BCUT2D eigenvalue weighted by Gasteiger charge is 2.14. The molecule has 272 valence electrons. The van der Waals surface area contributed by atoms with Crippen LogP contribution in [0, 0.1) is 20.2 Å². The van der Waals surface area contributed by atoms with Gasteiger partial charge in [0.15, 0.2) is 0 Å². The molecule has 4 aromatic carbocycles. The molecule has 12 nitrogen and oxygen atoms in total. The van der Waals surface area contributed by atoms with E-state index in [1.54, 1.807) is 24.3 Å². The van der Waals surface area contributed by atoms with Gasteiger partial charge in [0.25, 0.3) is 11.4 Å². The first-order valence-electron chi connectivity index (χ1n) is 17.8. The third kappa shape index (κ3) is 6.88. The number of nitrogens with zero attached hydrogens (tertiary/aromatic N) is 2. The number of benzene rings is 4. The predicted octanol–water partition coefficient (Wildman–Crippen LogP) is 6.77. The van der Waals surface area contributed by atoms with E-state index in [-0.39, 0.29) is 11.4 Å². The monoisotopic (exact) mass is 736 g/mol. The Morgan fingerprint density at radius 2 is 0.750 bits per heavy atom. The molecule has 8 bridgehead atoms. The molecular formula is C44H32N8O4. The zero-order valence-corrected chi connectivity index (χ0v) is 29.5. The first kappa shape index (κ1) is 33.7. The molecule has 1 aliphatic rings. The minimum atomic E-state index is -0.410. The maximum atomic E-state index is 11.1. The van der Waals surface area contributed by atoms with E-state index >= 15 is 0 Å². The second-order valence-corrected chi connectivity index (χ2v) is 13.4. The maximum Gasteiger partial charge on any atom is 0.269 e. The van der Waals surface area contributed by atoms with Gasteiger partial charge in [-0.1, -0.05) is 24.3 Å². The molecule has 56 heavy (non-hydrogen) atoms. The van der Waals surface area contributed by atoms with Crippen LogP contribution in [-0.4, -0.2) is 29.8 Å². The van der Waals surface area contributed by atoms with Crippen molar-refractivity contribution in [3.63, 3.8) is 0 Å². The van der Waals surface area contributed by atoms with Gasteiger partial charge in [-0.15, -0.1) is 0 Å². The van der Waals surface area contributed by atoms with Crippen molar-refractivity contribution in [2.75, 3.05) is 10.6 Å². The molecule has 1 aliphatic heterocycles. The Balaban J connectivity index is 1.07. The van der Waals surface area contributed by atoms with Gasteiger partial charge in [-0.2, -0.15) is 0 Å². The molecule has 0 unspecified atom stereocenters. The van der Waals surface area contributed by atoms with Gasteiger partial charge >= 0.3 is 0 Å². The molecule has 4 aromatic heterocycles. The van der Waals surface area contributed by atoms with Crippen LogP contribution in [0.1, 0.15) is 33.9 Å². The summed E-state index contributed by atoms with van der Waals surface area (Å²) < 4.78 is 0. The first-order valence-corrected chi connectivity index (χ1v) is 17.8. The summed E-state index contributed by atoms with van der Waals surface area (Å²) >= 11 is 0. The molecule has 0 radical (unpaired) electrons. The van der Waals surface area contributed by atoms with E-state index in [9.17, 15) is 20.2 Å². The number of H-pyrrole nitrogens is 4. The van der Waals surface area contributed by atoms with Crippen LogP contribution < -0.4 is 32.0 Å². The van der Waals surface area contributed by atoms with Crippen LogP contribution in [0.2, 0.25) is 0 Å². The largest absolute Gasteiger partial charge is 0.356 e. The predicted molar refractivity (Wildman–Crippen MR) is 218 cm³/mol. The molecular weight excluding hydrogens is 705 g/mol. The molecule has 6 N–H and O–H groups in total. The summed E-state index contributed by atoms with van der Waals surface area (Å²) in [5.41, 5.74) is 11.1. The van der Waals surface area contributed by atoms with Crippen molar-refractivity contribution in [3.8, 4) is 0 Å². The van der Waals surface area contributed by atoms with Gasteiger partial charge in [0.1, 0.15) is 0 Å². The Hall–Kier alpha value is -8.12. The molecule has 0 spiro atoms. The van der Waals surface area contributed by atoms with Gasteiger partial charge < -0.3 is 30.6 Å². The third-order valence-corrected chi connectivity index (χ3v) is 9.61. The van der Waals surface area contributed by atoms with Gasteiger partial charge in [0, 0.05) is 102 Å². The molecule has 0 atom stereocenters. The van der Waals surface area contributed by atoms with Crippen molar-refractivity contribution < 1.29 is 9.85 Å². The zero-order valence-electron chi connectivity index (χ0n) is 29.5. The van der Waals surface area contributed by atoms with E-state index in [4.69, 9.17) is 0 Å². The average Bonchev–Trinajstić information content (AvgIpc) is 4.04. The summed E-state index contributed by atoms with van der Waals surface area (Å²) in [4.78, 5) is 35.8.